The molecule has 30 heavy (non-hydrogen) atoms. The molecule has 0 unspecified atom stereocenters. The number of ether oxygens (including phenoxy) is 2. The van der Waals surface area contributed by atoms with Crippen molar-refractivity contribution in [1.82, 2.24) is 14.6 Å². The van der Waals surface area contributed by atoms with E-state index in [1.807, 2.05) is 48.5 Å². The molecule has 7 heteroatoms. The van der Waals surface area contributed by atoms with E-state index in [2.05, 4.69) is 23.6 Å². The third-order valence-electron chi connectivity index (χ3n) is 4.33. The predicted molar refractivity (Wildman–Crippen MR) is 119 cm³/mol. The fraction of sp³-hybridized carbons (Fsp3) is 0.174. The number of hydrogen-bond acceptors (Lipinski definition) is 6. The third kappa shape index (κ3) is 4.11. The summed E-state index contributed by atoms with van der Waals surface area (Å²) in [5.74, 6) is 2.02. The number of aromatic nitrogens is 3. The Labute approximate surface area is 177 Å². The molecule has 0 aliphatic carbocycles. The largest absolute Gasteiger partial charge is 0.494 e. The molecule has 0 bridgehead atoms. The van der Waals surface area contributed by atoms with Gasteiger partial charge in [0.15, 0.2) is 5.82 Å². The van der Waals surface area contributed by atoms with E-state index in [-0.39, 0.29) is 5.56 Å². The van der Waals surface area contributed by atoms with Gasteiger partial charge < -0.3 is 9.47 Å². The van der Waals surface area contributed by atoms with Crippen LogP contribution in [0.25, 0.3) is 22.4 Å². The quantitative estimate of drug-likeness (QED) is 0.407. The zero-order chi connectivity index (χ0) is 20.9. The lowest BCUT2D eigenvalue weighted by atomic mass is 10.2. The van der Waals surface area contributed by atoms with Crippen molar-refractivity contribution in [3.63, 3.8) is 0 Å². The standard InChI is InChI=1S/C23H21N3O3S/c1-3-13-28-18-11-9-16(10-12-18)21-24-23-26(25-21)22(27)20(30-23)15-17-7-5-6-8-19(17)29-14-4-2/h4-12,15H,2-3,13-14H2,1H3/b20-15-. The summed E-state index contributed by atoms with van der Waals surface area (Å²) in [6.45, 7) is 6.81. The van der Waals surface area contributed by atoms with Crippen molar-refractivity contribution in [2.24, 2.45) is 0 Å². The number of rotatable bonds is 8. The maximum atomic E-state index is 12.8. The Balaban J connectivity index is 1.66. The number of benzene rings is 2. The molecule has 4 rings (SSSR count). The van der Waals surface area contributed by atoms with Gasteiger partial charge in [-0.1, -0.05) is 49.1 Å². The SMILES string of the molecule is C=CCOc1ccccc1/C=c1\sc2nc(-c3ccc(OCCC)cc3)nn2c1=O. The molecule has 0 spiro atoms. The second kappa shape index (κ2) is 8.92. The number of thiazole rings is 1. The Kier molecular flexibility index (Phi) is 5.90. The normalized spacial score (nSPS) is 11.7. The third-order valence-corrected chi connectivity index (χ3v) is 5.29. The fourth-order valence-corrected chi connectivity index (χ4v) is 3.80. The molecular weight excluding hydrogens is 398 g/mol. The van der Waals surface area contributed by atoms with E-state index < -0.39 is 0 Å². The minimum absolute atomic E-state index is 0.199. The molecular formula is C23H21N3O3S. The van der Waals surface area contributed by atoms with Gasteiger partial charge in [-0.15, -0.1) is 5.10 Å². The monoisotopic (exact) mass is 419 g/mol. The van der Waals surface area contributed by atoms with Gasteiger partial charge in [0.1, 0.15) is 18.1 Å². The molecule has 0 fully saturated rings. The molecule has 0 saturated heterocycles. The first-order valence-electron chi connectivity index (χ1n) is 9.67. The molecule has 2 aromatic carbocycles. The molecule has 2 heterocycles. The second-order valence-electron chi connectivity index (χ2n) is 6.56. The first kappa shape index (κ1) is 19.8. The highest BCUT2D eigenvalue weighted by Gasteiger charge is 2.12. The van der Waals surface area contributed by atoms with Crippen molar-refractivity contribution in [3.8, 4) is 22.9 Å². The Bertz CT molecular complexity index is 1280. The van der Waals surface area contributed by atoms with Crippen LogP contribution in [0.3, 0.4) is 0 Å². The maximum absolute atomic E-state index is 12.8. The maximum Gasteiger partial charge on any atom is 0.291 e. The molecule has 0 amide bonds. The number of fused-ring (bicyclic) bond motifs is 1. The average molecular weight is 420 g/mol. The summed E-state index contributed by atoms with van der Waals surface area (Å²) in [4.78, 5) is 17.9. The van der Waals surface area contributed by atoms with Gasteiger partial charge in [-0.25, -0.2) is 0 Å². The Morgan fingerprint density at radius 2 is 1.93 bits per heavy atom. The van der Waals surface area contributed by atoms with Crippen LogP contribution in [0.15, 0.2) is 66.0 Å². The van der Waals surface area contributed by atoms with Crippen LogP contribution in [0.4, 0.5) is 0 Å². The smallest absolute Gasteiger partial charge is 0.291 e. The first-order valence-corrected chi connectivity index (χ1v) is 10.5. The van der Waals surface area contributed by atoms with Crippen molar-refractivity contribution in [1.29, 1.82) is 0 Å². The van der Waals surface area contributed by atoms with Crippen molar-refractivity contribution < 1.29 is 9.47 Å². The number of nitrogens with zero attached hydrogens (tertiary/aromatic N) is 3. The topological polar surface area (TPSA) is 65.7 Å². The van der Waals surface area contributed by atoms with Gasteiger partial charge in [-0.2, -0.15) is 9.50 Å². The average Bonchev–Trinajstić information content (AvgIpc) is 3.31. The van der Waals surface area contributed by atoms with Crippen molar-refractivity contribution >= 4 is 22.4 Å². The lowest BCUT2D eigenvalue weighted by Gasteiger charge is -2.05. The highest BCUT2D eigenvalue weighted by molar-refractivity contribution is 7.15. The lowest BCUT2D eigenvalue weighted by molar-refractivity contribution is 0.317. The van der Waals surface area contributed by atoms with Gasteiger partial charge in [0, 0.05) is 11.1 Å². The summed E-state index contributed by atoms with van der Waals surface area (Å²) in [5.41, 5.74) is 1.46. The Morgan fingerprint density at radius 3 is 2.67 bits per heavy atom. The molecule has 6 nitrogen and oxygen atoms in total. The van der Waals surface area contributed by atoms with E-state index in [9.17, 15) is 4.79 Å². The molecule has 4 aromatic rings. The minimum atomic E-state index is -0.199. The van der Waals surface area contributed by atoms with Crippen molar-refractivity contribution in [3.05, 3.63) is 81.6 Å². The first-order chi connectivity index (χ1) is 14.7. The summed E-state index contributed by atoms with van der Waals surface area (Å²) in [6, 6.07) is 15.1. The van der Waals surface area contributed by atoms with E-state index in [1.165, 1.54) is 15.9 Å². The fourth-order valence-electron chi connectivity index (χ4n) is 2.90. The van der Waals surface area contributed by atoms with E-state index in [1.54, 1.807) is 12.2 Å². The van der Waals surface area contributed by atoms with Crippen LogP contribution < -0.4 is 19.6 Å². The molecule has 152 valence electrons. The second-order valence-corrected chi connectivity index (χ2v) is 7.57. The van der Waals surface area contributed by atoms with E-state index in [0.717, 1.165) is 23.3 Å². The van der Waals surface area contributed by atoms with Crippen LogP contribution >= 0.6 is 11.3 Å². The highest BCUT2D eigenvalue weighted by atomic mass is 32.1. The zero-order valence-electron chi connectivity index (χ0n) is 16.6. The highest BCUT2D eigenvalue weighted by Crippen LogP contribution is 2.21. The summed E-state index contributed by atoms with van der Waals surface area (Å²) < 4.78 is 13.2. The zero-order valence-corrected chi connectivity index (χ0v) is 17.4. The number of para-hydroxylation sites is 1. The summed E-state index contributed by atoms with van der Waals surface area (Å²) in [6.07, 6.45) is 4.45. The Hall–Kier alpha value is -3.45. The van der Waals surface area contributed by atoms with Crippen LogP contribution in [0.1, 0.15) is 18.9 Å². The lowest BCUT2D eigenvalue weighted by Crippen LogP contribution is -2.23. The van der Waals surface area contributed by atoms with E-state index in [4.69, 9.17) is 9.47 Å². The molecule has 0 N–H and O–H groups in total. The molecule has 0 radical (unpaired) electrons. The molecule has 0 atom stereocenters. The van der Waals surface area contributed by atoms with Gasteiger partial charge in [0.25, 0.3) is 5.56 Å². The van der Waals surface area contributed by atoms with Crippen LogP contribution in [0.5, 0.6) is 11.5 Å². The Morgan fingerprint density at radius 1 is 1.13 bits per heavy atom. The van der Waals surface area contributed by atoms with E-state index in [0.29, 0.717) is 34.3 Å². The summed E-state index contributed by atoms with van der Waals surface area (Å²) >= 11 is 1.30. The summed E-state index contributed by atoms with van der Waals surface area (Å²) in [5, 5.41) is 4.41. The van der Waals surface area contributed by atoms with Crippen LogP contribution in [0.2, 0.25) is 0 Å². The minimum Gasteiger partial charge on any atom is -0.494 e. The van der Waals surface area contributed by atoms with Crippen molar-refractivity contribution in [2.45, 2.75) is 13.3 Å². The van der Waals surface area contributed by atoms with Gasteiger partial charge in [-0.05, 0) is 42.8 Å². The van der Waals surface area contributed by atoms with Crippen LogP contribution in [-0.2, 0) is 0 Å². The van der Waals surface area contributed by atoms with Gasteiger partial charge in [-0.3, -0.25) is 4.79 Å². The number of hydrogen-bond donors (Lipinski definition) is 0. The molecule has 2 aromatic heterocycles. The van der Waals surface area contributed by atoms with Gasteiger partial charge in [0.2, 0.25) is 4.96 Å². The van der Waals surface area contributed by atoms with E-state index >= 15 is 0 Å². The van der Waals surface area contributed by atoms with Crippen LogP contribution in [-0.4, -0.2) is 27.8 Å². The van der Waals surface area contributed by atoms with Gasteiger partial charge in [0.05, 0.1) is 11.1 Å². The van der Waals surface area contributed by atoms with Crippen molar-refractivity contribution in [2.75, 3.05) is 13.2 Å². The summed E-state index contributed by atoms with van der Waals surface area (Å²) in [7, 11) is 0. The molecule has 0 aliphatic heterocycles. The molecule has 0 aliphatic rings. The predicted octanol–water partition coefficient (Wildman–Crippen LogP) is 3.72. The van der Waals surface area contributed by atoms with Crippen LogP contribution in [0, 0.1) is 0 Å². The molecule has 0 saturated carbocycles. The van der Waals surface area contributed by atoms with Gasteiger partial charge >= 0.3 is 0 Å².